The molecule has 12 rings (SSSR count). The van der Waals surface area contributed by atoms with E-state index in [1.165, 1.54) is 0 Å². The van der Waals surface area contributed by atoms with E-state index in [4.69, 9.17) is 34.4 Å². The van der Waals surface area contributed by atoms with Crippen molar-refractivity contribution < 1.29 is 28.8 Å². The maximum Gasteiger partial charge on any atom is 0.192 e. The van der Waals surface area contributed by atoms with Crippen molar-refractivity contribution in [3.63, 3.8) is 0 Å². The minimum absolute atomic E-state index is 0.0273. The van der Waals surface area contributed by atoms with Crippen molar-refractivity contribution in [2.45, 2.75) is 33.2 Å². The van der Waals surface area contributed by atoms with Crippen LogP contribution in [-0.4, -0.2) is 60.5 Å². The summed E-state index contributed by atoms with van der Waals surface area (Å²) in [5, 5.41) is 47.2. The Morgan fingerprint density at radius 2 is 1.05 bits per heavy atom. The number of aromatic nitrogens is 10. The first-order chi connectivity index (χ1) is 39.1. The number of benzene rings is 6. The Morgan fingerprint density at radius 1 is 0.588 bits per heavy atom. The molecule has 0 saturated heterocycles. The molecule has 390 valence electrons. The van der Waals surface area contributed by atoms with Crippen molar-refractivity contribution in [2.75, 3.05) is 0 Å². The number of nitriles is 1. The van der Waals surface area contributed by atoms with Crippen LogP contribution >= 0.6 is 0 Å². The monoisotopic (exact) mass is 1050 g/mol. The number of rotatable bonds is 16. The standard InChI is InChI=1S/C32H25N5O3.C31H22N6O3/c1-21(2)18-29(38)23-8-10-24(11-9-23)40-25-12-13-26-28(19-25)33-17-16-30(26)39-20-32-35-34-31-15-14-27(36-37(31)32)22-6-4-3-5-7-22;1-20(18-32)31(38)22-7-9-23(10-8-22)40-24-11-12-25-27(17-24)33-16-15-28(25)39-19-30-35-34-29-14-13-26(36-37(29)30)21-5-3-2-4-6-21/h3-19H,20H2,1-2H3;2-17,31,38H,1,19H2. The Labute approximate surface area is 458 Å². The van der Waals surface area contributed by atoms with E-state index in [9.17, 15) is 9.90 Å². The molecule has 0 amide bonds. The second-order valence-corrected chi connectivity index (χ2v) is 18.4. The van der Waals surface area contributed by atoms with Gasteiger partial charge in [0, 0.05) is 52.0 Å². The van der Waals surface area contributed by atoms with E-state index >= 15 is 0 Å². The highest BCUT2D eigenvalue weighted by molar-refractivity contribution is 6.04. The molecule has 0 aliphatic rings. The van der Waals surface area contributed by atoms with E-state index in [0.29, 0.717) is 74.1 Å². The summed E-state index contributed by atoms with van der Waals surface area (Å²) in [6, 6.07) is 58.1. The zero-order chi connectivity index (χ0) is 55.0. The highest BCUT2D eigenvalue weighted by Gasteiger charge is 2.16. The van der Waals surface area contributed by atoms with Crippen LogP contribution in [0.4, 0.5) is 0 Å². The molecule has 80 heavy (non-hydrogen) atoms. The summed E-state index contributed by atoms with van der Waals surface area (Å²) < 4.78 is 27.7. The van der Waals surface area contributed by atoms with E-state index < -0.39 is 6.10 Å². The van der Waals surface area contributed by atoms with E-state index in [1.54, 1.807) is 82.1 Å². The molecule has 0 fully saturated rings. The number of carbonyl (C=O) groups is 1. The average Bonchev–Trinajstić information content (AvgIpc) is 4.14. The molecular formula is C63H47N11O6. The lowest BCUT2D eigenvalue weighted by Gasteiger charge is -2.12. The van der Waals surface area contributed by atoms with Crippen LogP contribution < -0.4 is 18.9 Å². The molecule has 6 aromatic heterocycles. The third-order valence-electron chi connectivity index (χ3n) is 12.6. The Morgan fingerprint density at radius 3 is 1.51 bits per heavy atom. The zero-order valence-corrected chi connectivity index (χ0v) is 43.2. The van der Waals surface area contributed by atoms with Crippen molar-refractivity contribution in [1.29, 1.82) is 5.26 Å². The molecule has 17 heteroatoms. The van der Waals surface area contributed by atoms with Gasteiger partial charge >= 0.3 is 0 Å². The van der Waals surface area contributed by atoms with Crippen LogP contribution in [0.2, 0.25) is 0 Å². The Kier molecular flexibility index (Phi) is 14.8. The van der Waals surface area contributed by atoms with Gasteiger partial charge in [0.05, 0.1) is 34.1 Å². The first-order valence-electron chi connectivity index (χ1n) is 25.2. The number of allylic oxidation sites excluding steroid dienone is 2. The van der Waals surface area contributed by atoms with E-state index in [-0.39, 0.29) is 24.6 Å². The van der Waals surface area contributed by atoms with Gasteiger partial charge in [0.1, 0.15) is 53.8 Å². The van der Waals surface area contributed by atoms with Gasteiger partial charge in [-0.1, -0.05) is 84.9 Å². The molecule has 0 radical (unpaired) electrons. The second-order valence-electron chi connectivity index (χ2n) is 18.4. The van der Waals surface area contributed by atoms with Gasteiger partial charge < -0.3 is 24.1 Å². The normalized spacial score (nSPS) is 11.3. The highest BCUT2D eigenvalue weighted by atomic mass is 16.5. The van der Waals surface area contributed by atoms with Gasteiger partial charge in [-0.05, 0) is 123 Å². The van der Waals surface area contributed by atoms with Crippen LogP contribution in [-0.2, 0) is 13.2 Å². The summed E-state index contributed by atoms with van der Waals surface area (Å²) in [5.41, 5.74) is 8.57. The van der Waals surface area contributed by atoms with Crippen LogP contribution in [0.5, 0.6) is 34.5 Å². The summed E-state index contributed by atoms with van der Waals surface area (Å²) in [6.45, 7) is 7.71. The predicted octanol–water partition coefficient (Wildman–Crippen LogP) is 12.7. The maximum absolute atomic E-state index is 12.2. The minimum atomic E-state index is -1.04. The number of ether oxygens (including phenoxy) is 4. The summed E-state index contributed by atoms with van der Waals surface area (Å²) in [7, 11) is 0. The van der Waals surface area contributed by atoms with Gasteiger partial charge in [-0.25, -0.2) is 0 Å². The summed E-state index contributed by atoms with van der Waals surface area (Å²) in [4.78, 5) is 21.2. The number of aliphatic hydroxyl groups excluding tert-OH is 1. The fourth-order valence-electron chi connectivity index (χ4n) is 8.52. The third kappa shape index (κ3) is 11.6. The predicted molar refractivity (Wildman–Crippen MR) is 301 cm³/mol. The number of hydrogen-bond donors (Lipinski definition) is 1. The summed E-state index contributed by atoms with van der Waals surface area (Å²) in [6.07, 6.45) is 3.94. The van der Waals surface area contributed by atoms with Gasteiger partial charge in [-0.2, -0.15) is 24.5 Å². The molecule has 1 N–H and O–H groups in total. The number of hydrogen-bond acceptors (Lipinski definition) is 15. The Hall–Kier alpha value is -11.0. The van der Waals surface area contributed by atoms with Crippen molar-refractivity contribution in [3.8, 4) is 63.1 Å². The third-order valence-corrected chi connectivity index (χ3v) is 12.6. The molecule has 1 unspecified atom stereocenters. The second kappa shape index (κ2) is 23.1. The van der Waals surface area contributed by atoms with E-state index in [0.717, 1.165) is 44.4 Å². The summed E-state index contributed by atoms with van der Waals surface area (Å²) >= 11 is 0. The quantitative estimate of drug-likeness (QED) is 0.0542. The van der Waals surface area contributed by atoms with Crippen LogP contribution in [0.1, 0.15) is 47.5 Å². The summed E-state index contributed by atoms with van der Waals surface area (Å²) in [5.74, 6) is 4.86. The largest absolute Gasteiger partial charge is 0.485 e. The molecule has 17 nitrogen and oxygen atoms in total. The number of carbonyl (C=O) groups excluding carboxylic acids is 1. The van der Waals surface area contributed by atoms with Gasteiger partial charge in [-0.3, -0.25) is 14.8 Å². The number of pyridine rings is 2. The Balaban J connectivity index is 0.000000169. The fraction of sp³-hybridized carbons (Fsp3) is 0.0794. The lowest BCUT2D eigenvalue weighted by atomic mass is 10.0. The number of fused-ring (bicyclic) bond motifs is 4. The van der Waals surface area contributed by atoms with E-state index in [1.807, 2.05) is 147 Å². The first-order valence-corrected chi connectivity index (χ1v) is 25.2. The van der Waals surface area contributed by atoms with Crippen LogP contribution in [0.15, 0.2) is 218 Å². The topological polar surface area (TPSA) is 210 Å². The molecule has 6 heterocycles. The SMILES string of the molecule is C=C(C#N)C(O)c1ccc(Oc2ccc3c(OCc4nnc5ccc(-c6ccccc6)nn45)ccnc3c2)cc1.CC(C)=CC(=O)c1ccc(Oc2ccc3c(OCc4nnc5ccc(-c6ccccc6)nn45)ccnc3c2)cc1. The lowest BCUT2D eigenvalue weighted by molar-refractivity contribution is 0.104. The number of ketones is 1. The average molecular weight is 1050 g/mol. The van der Waals surface area contributed by atoms with Crippen LogP contribution in [0, 0.1) is 11.3 Å². The van der Waals surface area contributed by atoms with Gasteiger partial charge in [0.15, 0.2) is 28.7 Å². The van der Waals surface area contributed by atoms with Crippen LogP contribution in [0.3, 0.4) is 0 Å². The maximum atomic E-state index is 12.2. The number of nitrogens with zero attached hydrogens (tertiary/aromatic N) is 11. The fourth-order valence-corrected chi connectivity index (χ4v) is 8.52. The molecular weight excluding hydrogens is 1010 g/mol. The molecule has 0 spiro atoms. The molecule has 12 aromatic rings. The van der Waals surface area contributed by atoms with Crippen molar-refractivity contribution in [3.05, 3.63) is 241 Å². The van der Waals surface area contributed by atoms with E-state index in [2.05, 4.69) is 36.9 Å². The molecule has 0 bridgehead atoms. The van der Waals surface area contributed by atoms with Gasteiger partial charge in [0.2, 0.25) is 0 Å². The van der Waals surface area contributed by atoms with Crippen molar-refractivity contribution in [2.24, 2.45) is 0 Å². The molecule has 6 aromatic carbocycles. The highest BCUT2D eigenvalue weighted by Crippen LogP contribution is 2.33. The minimum Gasteiger partial charge on any atom is -0.485 e. The lowest BCUT2D eigenvalue weighted by Crippen LogP contribution is -2.05. The van der Waals surface area contributed by atoms with Crippen molar-refractivity contribution >= 4 is 38.9 Å². The molecule has 0 aliphatic heterocycles. The van der Waals surface area contributed by atoms with Crippen LogP contribution in [0.25, 0.3) is 55.6 Å². The number of aliphatic hydroxyl groups is 1. The zero-order valence-electron chi connectivity index (χ0n) is 43.2. The van der Waals surface area contributed by atoms with Crippen molar-refractivity contribution in [1.82, 2.24) is 49.6 Å². The molecule has 0 aliphatic carbocycles. The Bertz CT molecular complexity index is 4290. The van der Waals surface area contributed by atoms with Gasteiger partial charge in [-0.15, -0.1) is 20.4 Å². The first kappa shape index (κ1) is 51.2. The molecule has 0 saturated carbocycles. The molecule has 1 atom stereocenters. The van der Waals surface area contributed by atoms with Gasteiger partial charge in [0.25, 0.3) is 0 Å². The smallest absolute Gasteiger partial charge is 0.192 e.